The van der Waals surface area contributed by atoms with Crippen molar-refractivity contribution in [2.75, 3.05) is 40.4 Å². The van der Waals surface area contributed by atoms with E-state index in [1.807, 2.05) is 0 Å². The lowest BCUT2D eigenvalue weighted by Crippen LogP contribution is -2.50. The molecule has 114 valence electrons. The predicted molar refractivity (Wildman–Crippen MR) is 74.0 cm³/mol. The molecule has 0 aromatic heterocycles. The average molecular weight is 294 g/mol. The molecule has 1 aliphatic heterocycles. The maximum absolute atomic E-state index is 12.4. The fourth-order valence-electron chi connectivity index (χ4n) is 2.63. The number of aliphatic hydroxyl groups excluding tert-OH is 1. The van der Waals surface area contributed by atoms with Gasteiger partial charge in [-0.25, -0.2) is 0 Å². The van der Waals surface area contributed by atoms with Crippen molar-refractivity contribution in [2.45, 2.75) is 26.4 Å². The molecule has 7 heteroatoms. The number of ether oxygens (including phenoxy) is 1. The zero-order chi connectivity index (χ0) is 14.6. The highest BCUT2D eigenvalue weighted by Crippen LogP contribution is 2.24. The van der Waals surface area contributed by atoms with Crippen LogP contribution in [-0.2, 0) is 14.9 Å². The molecule has 0 aromatic rings. The summed E-state index contributed by atoms with van der Waals surface area (Å²) < 4.78 is 32.4. The lowest BCUT2D eigenvalue weighted by Gasteiger charge is -2.36. The summed E-state index contributed by atoms with van der Waals surface area (Å²) in [6.45, 7) is 5.42. The van der Waals surface area contributed by atoms with Gasteiger partial charge in [-0.2, -0.15) is 17.0 Å². The Bertz CT molecular complexity index is 364. The number of hydrogen-bond acceptors (Lipinski definition) is 4. The number of nitrogens with zero attached hydrogens (tertiary/aromatic N) is 2. The Kier molecular flexibility index (Phi) is 6.19. The topological polar surface area (TPSA) is 70.1 Å². The Morgan fingerprint density at radius 3 is 2.37 bits per heavy atom. The van der Waals surface area contributed by atoms with Crippen LogP contribution in [0.3, 0.4) is 0 Å². The van der Waals surface area contributed by atoms with Gasteiger partial charge in [-0.15, -0.1) is 0 Å². The normalized spacial score (nSPS) is 27.7. The smallest absolute Gasteiger partial charge is 0.281 e. The van der Waals surface area contributed by atoms with Crippen LogP contribution < -0.4 is 0 Å². The van der Waals surface area contributed by atoms with Gasteiger partial charge in [0, 0.05) is 33.8 Å². The molecule has 0 bridgehead atoms. The number of piperidine rings is 1. The van der Waals surface area contributed by atoms with E-state index in [4.69, 9.17) is 4.74 Å². The van der Waals surface area contributed by atoms with Crippen LogP contribution in [0, 0.1) is 11.8 Å². The van der Waals surface area contributed by atoms with Gasteiger partial charge in [-0.05, 0) is 18.3 Å². The Labute approximate surface area is 116 Å². The van der Waals surface area contributed by atoms with Crippen molar-refractivity contribution in [1.82, 2.24) is 8.61 Å². The van der Waals surface area contributed by atoms with E-state index in [-0.39, 0.29) is 13.2 Å². The van der Waals surface area contributed by atoms with E-state index in [2.05, 4.69) is 13.8 Å². The maximum atomic E-state index is 12.4. The van der Waals surface area contributed by atoms with Crippen molar-refractivity contribution >= 4 is 10.2 Å². The summed E-state index contributed by atoms with van der Waals surface area (Å²) in [7, 11) is -0.514. The molecule has 0 spiro atoms. The van der Waals surface area contributed by atoms with Crippen molar-refractivity contribution in [2.24, 2.45) is 11.8 Å². The fraction of sp³-hybridized carbons (Fsp3) is 1.00. The molecule has 19 heavy (non-hydrogen) atoms. The third-order valence-corrected chi connectivity index (χ3v) is 5.27. The molecule has 1 saturated heterocycles. The van der Waals surface area contributed by atoms with Gasteiger partial charge >= 0.3 is 0 Å². The molecule has 1 rings (SSSR count). The van der Waals surface area contributed by atoms with E-state index < -0.39 is 16.3 Å². The molecule has 0 aromatic carbocycles. The van der Waals surface area contributed by atoms with E-state index in [1.165, 1.54) is 22.8 Å². The van der Waals surface area contributed by atoms with Gasteiger partial charge in [0.05, 0.1) is 12.7 Å². The van der Waals surface area contributed by atoms with Gasteiger partial charge in [0.25, 0.3) is 10.2 Å². The van der Waals surface area contributed by atoms with Gasteiger partial charge in [0.15, 0.2) is 0 Å². The summed E-state index contributed by atoms with van der Waals surface area (Å²) in [5.41, 5.74) is 0. The number of hydrogen-bond donors (Lipinski definition) is 1. The number of likely N-dealkylation sites (N-methyl/N-ethyl adjacent to an activating group) is 1. The van der Waals surface area contributed by atoms with Crippen molar-refractivity contribution in [1.29, 1.82) is 0 Å². The number of aliphatic hydroxyl groups is 1. The molecule has 1 aliphatic rings. The van der Waals surface area contributed by atoms with Crippen molar-refractivity contribution in [3.8, 4) is 0 Å². The Balaban J connectivity index is 2.68. The van der Waals surface area contributed by atoms with Gasteiger partial charge in [0.1, 0.15) is 0 Å². The van der Waals surface area contributed by atoms with E-state index >= 15 is 0 Å². The minimum atomic E-state index is -3.49. The third kappa shape index (κ3) is 4.68. The van der Waals surface area contributed by atoms with Crippen LogP contribution in [0.15, 0.2) is 0 Å². The van der Waals surface area contributed by atoms with Crippen LogP contribution in [0.2, 0.25) is 0 Å². The highest BCUT2D eigenvalue weighted by atomic mass is 32.2. The maximum Gasteiger partial charge on any atom is 0.281 e. The standard InChI is InChI=1S/C12H26N2O4S/c1-10-5-11(2)7-14(6-10)19(16,17)13(3)8-12(15)9-18-4/h10-12,15H,5-9H2,1-4H3/t10-,11-,12-/m1/s1. The first kappa shape index (κ1) is 16.8. The first-order valence-electron chi connectivity index (χ1n) is 6.65. The minimum absolute atomic E-state index is 0.0510. The fourth-order valence-corrected chi connectivity index (χ4v) is 4.27. The number of rotatable bonds is 6. The van der Waals surface area contributed by atoms with Gasteiger partial charge in [0.2, 0.25) is 0 Å². The lowest BCUT2D eigenvalue weighted by atomic mass is 9.94. The monoisotopic (exact) mass is 294 g/mol. The first-order valence-corrected chi connectivity index (χ1v) is 8.05. The Hall–Kier alpha value is -0.210. The van der Waals surface area contributed by atoms with E-state index in [9.17, 15) is 13.5 Å². The molecule has 0 unspecified atom stereocenters. The zero-order valence-corrected chi connectivity index (χ0v) is 13.1. The number of methoxy groups -OCH3 is 1. The Morgan fingerprint density at radius 1 is 1.37 bits per heavy atom. The Morgan fingerprint density at radius 2 is 1.89 bits per heavy atom. The second kappa shape index (κ2) is 6.99. The molecule has 0 aliphatic carbocycles. The summed E-state index contributed by atoms with van der Waals surface area (Å²) >= 11 is 0. The summed E-state index contributed by atoms with van der Waals surface area (Å²) in [6, 6.07) is 0. The van der Waals surface area contributed by atoms with Crippen LogP contribution in [0.4, 0.5) is 0 Å². The second-order valence-electron chi connectivity index (χ2n) is 5.66. The van der Waals surface area contributed by atoms with E-state index in [0.29, 0.717) is 24.9 Å². The molecule has 3 atom stereocenters. The van der Waals surface area contributed by atoms with Crippen molar-refractivity contribution in [3.05, 3.63) is 0 Å². The zero-order valence-electron chi connectivity index (χ0n) is 12.2. The van der Waals surface area contributed by atoms with E-state index in [0.717, 1.165) is 6.42 Å². The van der Waals surface area contributed by atoms with Crippen LogP contribution in [-0.4, -0.2) is 68.6 Å². The summed E-state index contributed by atoms with van der Waals surface area (Å²) in [6.07, 6.45) is 0.256. The quantitative estimate of drug-likeness (QED) is 0.757. The largest absolute Gasteiger partial charge is 0.389 e. The summed E-state index contributed by atoms with van der Waals surface area (Å²) in [5.74, 6) is 0.742. The molecule has 0 radical (unpaired) electrons. The summed E-state index contributed by atoms with van der Waals surface area (Å²) in [5, 5.41) is 9.64. The highest BCUT2D eigenvalue weighted by molar-refractivity contribution is 7.86. The third-order valence-electron chi connectivity index (χ3n) is 3.38. The molecule has 1 heterocycles. The molecule has 1 N–H and O–H groups in total. The SMILES string of the molecule is COC[C@H](O)CN(C)S(=O)(=O)N1C[C@H](C)C[C@@H](C)C1. The molecule has 6 nitrogen and oxygen atoms in total. The minimum Gasteiger partial charge on any atom is -0.389 e. The first-order chi connectivity index (χ1) is 8.77. The van der Waals surface area contributed by atoms with Crippen molar-refractivity contribution < 1.29 is 18.3 Å². The van der Waals surface area contributed by atoms with E-state index in [1.54, 1.807) is 0 Å². The average Bonchev–Trinajstić information content (AvgIpc) is 2.27. The highest BCUT2D eigenvalue weighted by Gasteiger charge is 2.33. The molecular formula is C12H26N2O4S. The van der Waals surface area contributed by atoms with Gasteiger partial charge < -0.3 is 9.84 Å². The predicted octanol–water partition coefficient (Wildman–Crippen LogP) is 0.148. The van der Waals surface area contributed by atoms with Gasteiger partial charge in [-0.1, -0.05) is 13.8 Å². The van der Waals surface area contributed by atoms with Crippen LogP contribution in [0.5, 0.6) is 0 Å². The van der Waals surface area contributed by atoms with Gasteiger partial charge in [-0.3, -0.25) is 0 Å². The van der Waals surface area contributed by atoms with Crippen LogP contribution in [0.25, 0.3) is 0 Å². The molecule has 0 saturated carbocycles. The van der Waals surface area contributed by atoms with Crippen LogP contribution in [0.1, 0.15) is 20.3 Å². The molecule has 0 amide bonds. The lowest BCUT2D eigenvalue weighted by molar-refractivity contribution is 0.0541. The summed E-state index contributed by atoms with van der Waals surface area (Å²) in [4.78, 5) is 0. The molecule has 1 fully saturated rings. The van der Waals surface area contributed by atoms with Crippen molar-refractivity contribution in [3.63, 3.8) is 0 Å². The van der Waals surface area contributed by atoms with Crippen LogP contribution >= 0.6 is 0 Å². The second-order valence-corrected chi connectivity index (χ2v) is 7.70. The molecular weight excluding hydrogens is 268 g/mol.